The van der Waals surface area contributed by atoms with Crippen LogP contribution in [0.25, 0.3) is 10.8 Å². The van der Waals surface area contributed by atoms with E-state index < -0.39 is 25.8 Å². The number of fused-ring (bicyclic) bond motifs is 1. The molecule has 0 heterocycles. The van der Waals surface area contributed by atoms with Crippen LogP contribution >= 0.6 is 0 Å². The molecule has 3 N–H and O–H groups in total. The number of benzene rings is 3. The molecule has 0 aliphatic heterocycles. The maximum absolute atomic E-state index is 12.4. The highest BCUT2D eigenvalue weighted by Crippen LogP contribution is 2.34. The smallest absolute Gasteiger partial charge is 0.297 e. The monoisotopic (exact) mass is 388 g/mol. The molecule has 3 aromatic rings. The minimum absolute atomic E-state index is 0.00865. The standard InChI is InChI=1S/C17H12N2O7S/c20-15-6-2-5-13-12(15)7-8-14(16(13)27(24,25)26)18-17(21)10-3-1-4-11(9-10)19(22)23/h1-9,20H,(H,18,21)(H,24,25,26). The molecule has 0 radical (unpaired) electrons. The molecule has 0 bridgehead atoms. The minimum atomic E-state index is -4.76. The molecule has 9 nitrogen and oxygen atoms in total. The number of nitro groups is 1. The van der Waals surface area contributed by atoms with Gasteiger partial charge in [-0.25, -0.2) is 0 Å². The number of nitrogens with zero attached hydrogens (tertiary/aromatic N) is 1. The maximum atomic E-state index is 12.4. The normalized spacial score (nSPS) is 11.3. The van der Waals surface area contributed by atoms with Gasteiger partial charge in [-0.3, -0.25) is 19.5 Å². The highest BCUT2D eigenvalue weighted by atomic mass is 32.2. The van der Waals surface area contributed by atoms with Crippen LogP contribution in [0.1, 0.15) is 10.4 Å². The van der Waals surface area contributed by atoms with Gasteiger partial charge in [0.2, 0.25) is 0 Å². The van der Waals surface area contributed by atoms with Crippen molar-refractivity contribution in [3.8, 4) is 5.75 Å². The lowest BCUT2D eigenvalue weighted by Gasteiger charge is -2.13. The lowest BCUT2D eigenvalue weighted by atomic mass is 10.1. The molecule has 10 heteroatoms. The Morgan fingerprint density at radius 1 is 1.04 bits per heavy atom. The maximum Gasteiger partial charge on any atom is 0.297 e. The molecule has 0 fully saturated rings. The van der Waals surface area contributed by atoms with E-state index in [1.807, 2.05) is 0 Å². The minimum Gasteiger partial charge on any atom is -0.507 e. The number of nitrogens with one attached hydrogen (secondary N) is 1. The van der Waals surface area contributed by atoms with E-state index in [1.54, 1.807) is 0 Å². The van der Waals surface area contributed by atoms with Gasteiger partial charge in [-0.2, -0.15) is 8.42 Å². The van der Waals surface area contributed by atoms with Gasteiger partial charge in [-0.1, -0.05) is 18.2 Å². The Morgan fingerprint density at radius 2 is 1.74 bits per heavy atom. The van der Waals surface area contributed by atoms with E-state index >= 15 is 0 Å². The van der Waals surface area contributed by atoms with Crippen molar-refractivity contribution in [3.05, 3.63) is 70.3 Å². The Hall–Kier alpha value is -3.50. The summed E-state index contributed by atoms with van der Waals surface area (Å²) in [5.41, 5.74) is -0.602. The van der Waals surface area contributed by atoms with Crippen molar-refractivity contribution in [2.75, 3.05) is 5.32 Å². The Bertz CT molecular complexity index is 1190. The molecule has 0 spiro atoms. The first-order chi connectivity index (χ1) is 12.7. The van der Waals surface area contributed by atoms with Gasteiger partial charge in [0.1, 0.15) is 10.6 Å². The lowest BCUT2D eigenvalue weighted by Crippen LogP contribution is -2.15. The Morgan fingerprint density at radius 3 is 2.41 bits per heavy atom. The average molecular weight is 388 g/mol. The van der Waals surface area contributed by atoms with E-state index in [0.717, 1.165) is 6.07 Å². The van der Waals surface area contributed by atoms with E-state index in [9.17, 15) is 33.0 Å². The second-order valence-electron chi connectivity index (χ2n) is 5.55. The summed E-state index contributed by atoms with van der Waals surface area (Å²) >= 11 is 0. The molecule has 0 aromatic heterocycles. The van der Waals surface area contributed by atoms with E-state index in [4.69, 9.17) is 0 Å². The number of amides is 1. The quantitative estimate of drug-likeness (QED) is 0.354. The summed E-state index contributed by atoms with van der Waals surface area (Å²) in [6.07, 6.45) is 0. The van der Waals surface area contributed by atoms with Crippen LogP contribution < -0.4 is 5.32 Å². The zero-order chi connectivity index (χ0) is 19.8. The van der Waals surface area contributed by atoms with E-state index in [2.05, 4.69) is 5.32 Å². The van der Waals surface area contributed by atoms with Crippen molar-refractivity contribution in [2.24, 2.45) is 0 Å². The molecule has 0 aliphatic rings. The van der Waals surface area contributed by atoms with Crippen LogP contribution in [-0.4, -0.2) is 28.9 Å². The fourth-order valence-electron chi connectivity index (χ4n) is 2.65. The summed E-state index contributed by atoms with van der Waals surface area (Å²) in [7, 11) is -4.76. The molecule has 138 valence electrons. The highest BCUT2D eigenvalue weighted by molar-refractivity contribution is 7.86. The molecule has 0 aliphatic carbocycles. The first-order valence-corrected chi connectivity index (χ1v) is 8.90. The fraction of sp³-hybridized carbons (Fsp3) is 0. The second-order valence-corrected chi connectivity index (χ2v) is 6.91. The van der Waals surface area contributed by atoms with Crippen molar-refractivity contribution < 1.29 is 27.8 Å². The third-order valence-corrected chi connectivity index (χ3v) is 4.77. The number of carbonyl (C=O) groups excluding carboxylic acids is 1. The SMILES string of the molecule is O=C(Nc1ccc2c(O)cccc2c1S(=O)(=O)O)c1cccc([N+](=O)[O-])c1. The third kappa shape index (κ3) is 3.57. The molecule has 0 saturated carbocycles. The van der Waals surface area contributed by atoms with Crippen molar-refractivity contribution in [2.45, 2.75) is 4.90 Å². The van der Waals surface area contributed by atoms with E-state index in [0.29, 0.717) is 0 Å². The number of hydrogen-bond donors (Lipinski definition) is 3. The highest BCUT2D eigenvalue weighted by Gasteiger charge is 2.22. The summed E-state index contributed by atoms with van der Waals surface area (Å²) in [5, 5.41) is 23.2. The Balaban J connectivity index is 2.11. The molecule has 27 heavy (non-hydrogen) atoms. The predicted octanol–water partition coefficient (Wildman–Crippen LogP) is 2.95. The summed E-state index contributed by atoms with van der Waals surface area (Å²) in [6, 6.07) is 11.6. The fourth-order valence-corrected chi connectivity index (χ4v) is 3.50. The summed E-state index contributed by atoms with van der Waals surface area (Å²) in [4.78, 5) is 22.0. The molecular formula is C17H12N2O7S. The van der Waals surface area contributed by atoms with Crippen LogP contribution in [0.3, 0.4) is 0 Å². The first-order valence-electron chi connectivity index (χ1n) is 7.46. The number of phenols is 1. The van der Waals surface area contributed by atoms with Gasteiger partial charge in [-0.15, -0.1) is 0 Å². The van der Waals surface area contributed by atoms with Gasteiger partial charge in [0.05, 0.1) is 10.6 Å². The van der Waals surface area contributed by atoms with Crippen molar-refractivity contribution in [1.82, 2.24) is 0 Å². The Labute approximate surface area is 152 Å². The van der Waals surface area contributed by atoms with Gasteiger partial charge in [0.15, 0.2) is 0 Å². The van der Waals surface area contributed by atoms with Gasteiger partial charge in [0.25, 0.3) is 21.7 Å². The molecule has 3 rings (SSSR count). The van der Waals surface area contributed by atoms with Gasteiger partial charge >= 0.3 is 0 Å². The van der Waals surface area contributed by atoms with Crippen LogP contribution in [0, 0.1) is 10.1 Å². The topological polar surface area (TPSA) is 147 Å². The predicted molar refractivity (Wildman–Crippen MR) is 96.5 cm³/mol. The van der Waals surface area contributed by atoms with Crippen molar-refractivity contribution in [3.63, 3.8) is 0 Å². The summed E-state index contributed by atoms with van der Waals surface area (Å²) in [5.74, 6) is -1.00. The van der Waals surface area contributed by atoms with Gasteiger partial charge < -0.3 is 10.4 Å². The molecule has 1 amide bonds. The lowest BCUT2D eigenvalue weighted by molar-refractivity contribution is -0.384. The van der Waals surface area contributed by atoms with E-state index in [-0.39, 0.29) is 33.5 Å². The largest absolute Gasteiger partial charge is 0.507 e. The number of non-ortho nitro benzene ring substituents is 1. The average Bonchev–Trinajstić information content (AvgIpc) is 2.60. The number of carbonyl (C=O) groups is 1. The molecule has 0 atom stereocenters. The number of aromatic hydroxyl groups is 1. The first kappa shape index (κ1) is 18.3. The van der Waals surface area contributed by atoms with Crippen LogP contribution in [0.5, 0.6) is 5.75 Å². The zero-order valence-corrected chi connectivity index (χ0v) is 14.3. The van der Waals surface area contributed by atoms with Crippen molar-refractivity contribution in [1.29, 1.82) is 0 Å². The number of rotatable bonds is 4. The van der Waals surface area contributed by atoms with Crippen LogP contribution in [0.2, 0.25) is 0 Å². The number of anilines is 1. The van der Waals surface area contributed by atoms with Gasteiger partial charge in [-0.05, 0) is 24.3 Å². The summed E-state index contributed by atoms with van der Waals surface area (Å²) in [6.45, 7) is 0. The molecule has 0 saturated heterocycles. The van der Waals surface area contributed by atoms with Crippen molar-refractivity contribution >= 4 is 38.2 Å². The molecular weight excluding hydrogens is 376 g/mol. The number of nitro benzene ring substituents is 1. The summed E-state index contributed by atoms with van der Waals surface area (Å²) < 4.78 is 33.4. The third-order valence-electron chi connectivity index (χ3n) is 3.81. The Kier molecular flexibility index (Phi) is 4.52. The van der Waals surface area contributed by atoms with Crippen LogP contribution in [0.15, 0.2) is 59.5 Å². The number of phenolic OH excluding ortho intramolecular Hbond substituents is 1. The van der Waals surface area contributed by atoms with E-state index in [1.165, 1.54) is 48.5 Å². The van der Waals surface area contributed by atoms with Crippen LogP contribution in [-0.2, 0) is 10.1 Å². The van der Waals surface area contributed by atoms with Gasteiger partial charge in [0, 0.05) is 28.5 Å². The second kappa shape index (κ2) is 6.67. The van der Waals surface area contributed by atoms with Crippen LogP contribution in [0.4, 0.5) is 11.4 Å². The number of hydrogen-bond acceptors (Lipinski definition) is 6. The zero-order valence-electron chi connectivity index (χ0n) is 13.5. The molecule has 3 aromatic carbocycles. The molecule has 0 unspecified atom stereocenters.